The van der Waals surface area contributed by atoms with Gasteiger partial charge >= 0.3 is 5.97 Å². The van der Waals surface area contributed by atoms with Crippen molar-refractivity contribution in [2.45, 2.75) is 111 Å². The fourth-order valence-corrected chi connectivity index (χ4v) is 9.99. The Morgan fingerprint density at radius 2 is 1.84 bits per heavy atom. The number of phenolic OH excluding ortho intramolecular Hbond substituents is 1. The molecule has 5 heterocycles. The molecule has 69 heavy (non-hydrogen) atoms. The molecule has 2 saturated heterocycles. The number of rotatable bonds is 9. The molecule has 3 aliphatic rings. The first kappa shape index (κ1) is 50.5. The van der Waals surface area contributed by atoms with Gasteiger partial charge in [0.15, 0.2) is 6.04 Å². The number of fused-ring (bicyclic) bond motifs is 6. The number of aromatic hydroxyl groups is 1. The predicted octanol–water partition coefficient (Wildman–Crippen LogP) is 6.05. The minimum absolute atomic E-state index is 0.116. The number of amides is 4. The predicted molar refractivity (Wildman–Crippen MR) is 255 cm³/mol. The van der Waals surface area contributed by atoms with Crippen LogP contribution in [0, 0.1) is 29.1 Å². The minimum Gasteiger partial charge on any atom is -0.508 e. The number of hydrogen-bond donors (Lipinski definition) is 3. The van der Waals surface area contributed by atoms with Gasteiger partial charge in [0.05, 0.1) is 30.0 Å². The Hall–Kier alpha value is -6.38. The van der Waals surface area contributed by atoms with E-state index >= 15 is 8.78 Å². The fourth-order valence-electron chi connectivity index (χ4n) is 9.99. The number of likely N-dealkylation sites (tertiary alicyclic amines) is 1. The Kier molecular flexibility index (Phi) is 14.9. The van der Waals surface area contributed by atoms with Crippen LogP contribution in [0.2, 0.25) is 0 Å². The normalized spacial score (nSPS) is 21.2. The summed E-state index contributed by atoms with van der Waals surface area (Å²) < 4.78 is 45.4. The summed E-state index contributed by atoms with van der Waals surface area (Å²) in [7, 11) is 3.12. The number of aryl methyl sites for hydroxylation is 1. The molecular formula is C52H63F2N7O8. The van der Waals surface area contributed by atoms with Crippen molar-refractivity contribution in [3.8, 4) is 40.0 Å². The molecule has 0 aliphatic carbocycles. The lowest BCUT2D eigenvalue weighted by atomic mass is 9.84. The molecule has 7 rings (SSSR count). The van der Waals surface area contributed by atoms with Crippen LogP contribution < -0.4 is 10.7 Å². The molecule has 2 fully saturated rings. The van der Waals surface area contributed by atoms with Gasteiger partial charge in [0.1, 0.15) is 17.8 Å². The lowest BCUT2D eigenvalue weighted by Crippen LogP contribution is -2.67. The molecule has 0 saturated carbocycles. The standard InChI is InChI=1S/C52H63F2N7O8/c1-10-13-42(63)59-20-17-34(28-59)48(65)58(8)44(30(3)4)47(64)56-40-24-32-22-35(25-36(62)23-32)33-15-16-41-38(26-33)39(45(60(41)11-2)37-14-12-19-55-43(37)31(5)68-9)27-51(6,7)29-69-50(67)46-52(53,54)18-21-61(57-46)49(40)66/h12,14-16,19,22-23,25-26,30-31,34,40,44,46,57,62H,11,17-18,20-21,24,27-29H2,1-9H3,(H,56,64)/t31-,34-,40-,44-,46+/m0/s1. The molecular weight excluding hydrogens is 889 g/mol. The Balaban J connectivity index is 1.32. The third-order valence-corrected chi connectivity index (χ3v) is 13.5. The number of likely N-dealkylation sites (N-methyl/N-ethyl adjacent to an activating group) is 1. The number of hydrogen-bond acceptors (Lipinski definition) is 10. The summed E-state index contributed by atoms with van der Waals surface area (Å²) in [6, 6.07) is 9.96. The van der Waals surface area contributed by atoms with Crippen LogP contribution in [0.1, 0.15) is 84.2 Å². The lowest BCUT2D eigenvalue weighted by Gasteiger charge is -2.40. The molecule has 15 nitrogen and oxygen atoms in total. The van der Waals surface area contributed by atoms with E-state index in [4.69, 9.17) is 14.5 Å². The molecule has 3 aliphatic heterocycles. The number of cyclic esters (lactones) is 1. The van der Waals surface area contributed by atoms with Crippen LogP contribution in [0.25, 0.3) is 33.3 Å². The number of pyridine rings is 1. The van der Waals surface area contributed by atoms with E-state index in [1.807, 2.05) is 58.0 Å². The Labute approximate surface area is 401 Å². The van der Waals surface area contributed by atoms with Crippen molar-refractivity contribution in [1.29, 1.82) is 0 Å². The maximum absolute atomic E-state index is 15.8. The molecule has 4 aromatic rings. The van der Waals surface area contributed by atoms with Crippen molar-refractivity contribution in [1.82, 2.24) is 35.1 Å². The Bertz CT molecular complexity index is 2710. The maximum Gasteiger partial charge on any atom is 0.331 e. The van der Waals surface area contributed by atoms with Crippen LogP contribution in [0.15, 0.2) is 54.7 Å². The van der Waals surface area contributed by atoms with Gasteiger partial charge in [0, 0.05) is 81.3 Å². The fraction of sp³-hybridized carbons (Fsp3) is 0.500. The third kappa shape index (κ3) is 10.5. The Morgan fingerprint density at radius 1 is 1.09 bits per heavy atom. The number of benzene rings is 2. The molecule has 0 radical (unpaired) electrons. The van der Waals surface area contributed by atoms with Gasteiger partial charge in [-0.1, -0.05) is 45.7 Å². The summed E-state index contributed by atoms with van der Waals surface area (Å²) in [5.74, 6) is -3.21. The number of carbonyl (C=O) groups is 5. The summed E-state index contributed by atoms with van der Waals surface area (Å²) in [5, 5.41) is 15.9. The molecule has 0 unspecified atom stereocenters. The molecule has 368 valence electrons. The van der Waals surface area contributed by atoms with Crippen molar-refractivity contribution >= 4 is 40.5 Å². The van der Waals surface area contributed by atoms with Crippen molar-refractivity contribution < 1.29 is 47.3 Å². The number of halogens is 2. The highest BCUT2D eigenvalue weighted by Crippen LogP contribution is 2.42. The molecule has 6 bridgehead atoms. The van der Waals surface area contributed by atoms with Gasteiger partial charge < -0.3 is 34.3 Å². The SMILES string of the molecule is CC#CC(=O)N1CC[C@H](C(=O)N(C)[C@H](C(=O)N[C@H]2Cc3cc(O)cc(c3)-c3ccc4c(c3)c(c(-c3cccnc3[C@H](C)OC)n4CC)CC(C)(C)COC(=O)[C@H]3NN(CCC3(F)F)C2=O)C(C)C)C1. The second-order valence-corrected chi connectivity index (χ2v) is 19.5. The minimum atomic E-state index is -3.61. The molecule has 5 atom stereocenters. The monoisotopic (exact) mass is 951 g/mol. The van der Waals surface area contributed by atoms with E-state index < -0.39 is 72.0 Å². The van der Waals surface area contributed by atoms with Crippen LogP contribution in [0.4, 0.5) is 8.78 Å². The van der Waals surface area contributed by atoms with Crippen molar-refractivity contribution in [3.63, 3.8) is 0 Å². The van der Waals surface area contributed by atoms with E-state index in [2.05, 4.69) is 27.2 Å². The number of methoxy groups -OCH3 is 1. The van der Waals surface area contributed by atoms with E-state index in [-0.39, 0.29) is 43.2 Å². The molecule has 0 spiro atoms. The highest BCUT2D eigenvalue weighted by Gasteiger charge is 2.51. The molecule has 17 heteroatoms. The first-order chi connectivity index (χ1) is 32.7. The van der Waals surface area contributed by atoms with Gasteiger partial charge in [-0.3, -0.25) is 34.0 Å². The average Bonchev–Trinajstić information content (AvgIpc) is 3.92. The first-order valence-electron chi connectivity index (χ1n) is 23.6. The van der Waals surface area contributed by atoms with Crippen LogP contribution in [0.5, 0.6) is 5.75 Å². The number of aromatic nitrogens is 2. The van der Waals surface area contributed by atoms with Gasteiger partial charge in [0.25, 0.3) is 17.7 Å². The van der Waals surface area contributed by atoms with E-state index in [1.54, 1.807) is 46.2 Å². The zero-order valence-corrected chi connectivity index (χ0v) is 40.8. The number of alkyl halides is 2. The highest BCUT2D eigenvalue weighted by atomic mass is 19.3. The molecule has 2 aromatic heterocycles. The van der Waals surface area contributed by atoms with Crippen molar-refractivity contribution in [3.05, 3.63) is 71.5 Å². The summed E-state index contributed by atoms with van der Waals surface area (Å²) in [6.07, 6.45) is 0.976. The number of carbonyl (C=O) groups excluding carboxylic acids is 5. The van der Waals surface area contributed by atoms with Crippen LogP contribution in [-0.4, -0.2) is 124 Å². The molecule has 4 amide bonds. The summed E-state index contributed by atoms with van der Waals surface area (Å²) in [5.41, 5.74) is 7.68. The Morgan fingerprint density at radius 3 is 2.54 bits per heavy atom. The number of esters is 1. The number of hydrazine groups is 1. The zero-order chi connectivity index (χ0) is 50.1. The first-order valence-corrected chi connectivity index (χ1v) is 23.6. The van der Waals surface area contributed by atoms with Gasteiger partial charge in [-0.05, 0) is 104 Å². The lowest BCUT2D eigenvalue weighted by molar-refractivity contribution is -0.176. The van der Waals surface area contributed by atoms with Gasteiger partial charge in [0.2, 0.25) is 11.8 Å². The molecule has 2 aromatic carbocycles. The van der Waals surface area contributed by atoms with E-state index in [1.165, 1.54) is 22.9 Å². The van der Waals surface area contributed by atoms with E-state index in [0.29, 0.717) is 37.1 Å². The summed E-state index contributed by atoms with van der Waals surface area (Å²) >= 11 is 0. The van der Waals surface area contributed by atoms with Crippen molar-refractivity contribution in [2.24, 2.45) is 17.3 Å². The topological polar surface area (TPSA) is 176 Å². The van der Waals surface area contributed by atoms with Crippen LogP contribution >= 0.6 is 0 Å². The second-order valence-electron chi connectivity index (χ2n) is 19.5. The van der Waals surface area contributed by atoms with Crippen LogP contribution in [0.3, 0.4) is 0 Å². The largest absolute Gasteiger partial charge is 0.508 e. The zero-order valence-electron chi connectivity index (χ0n) is 40.8. The van der Waals surface area contributed by atoms with Crippen molar-refractivity contribution in [2.75, 3.05) is 40.4 Å². The van der Waals surface area contributed by atoms with Gasteiger partial charge in [-0.25, -0.2) is 14.2 Å². The third-order valence-electron chi connectivity index (χ3n) is 13.5. The quantitative estimate of drug-likeness (QED) is 0.132. The number of nitrogens with zero attached hydrogens (tertiary/aromatic N) is 5. The van der Waals surface area contributed by atoms with E-state index in [0.717, 1.165) is 44.0 Å². The second kappa shape index (κ2) is 20.3. The maximum atomic E-state index is 15.8. The number of nitrogens with one attached hydrogen (secondary N) is 2. The smallest absolute Gasteiger partial charge is 0.331 e. The van der Waals surface area contributed by atoms with E-state index in [9.17, 15) is 29.1 Å². The molecule has 3 N–H and O–H groups in total. The van der Waals surface area contributed by atoms with Gasteiger partial charge in [-0.2, -0.15) is 0 Å². The summed E-state index contributed by atoms with van der Waals surface area (Å²) in [4.78, 5) is 77.1. The summed E-state index contributed by atoms with van der Waals surface area (Å²) in [6.45, 7) is 13.1. The average molecular weight is 952 g/mol. The van der Waals surface area contributed by atoms with Crippen LogP contribution in [-0.2, 0) is 52.8 Å². The number of ether oxygens (including phenoxy) is 2. The highest BCUT2D eigenvalue weighted by molar-refractivity contribution is 5.97. The number of phenols is 1. The van der Waals surface area contributed by atoms with Gasteiger partial charge in [-0.15, -0.1) is 0 Å².